The van der Waals surface area contributed by atoms with Crippen LogP contribution in [0.15, 0.2) is 0 Å². The Morgan fingerprint density at radius 3 is 1.77 bits per heavy atom. The molecule has 0 aromatic carbocycles. The Labute approximate surface area is 192 Å². The van der Waals surface area contributed by atoms with Crippen LogP contribution in [-0.2, 0) is 9.53 Å². The van der Waals surface area contributed by atoms with Crippen LogP contribution in [0.2, 0.25) is 0 Å². The maximum atomic E-state index is 12.1. The molecule has 1 heterocycles. The van der Waals surface area contributed by atoms with Crippen LogP contribution in [0, 0.1) is 10.8 Å². The maximum Gasteiger partial charge on any atom is 0.327 e. The van der Waals surface area contributed by atoms with Gasteiger partial charge in [-0.2, -0.15) is 0 Å². The van der Waals surface area contributed by atoms with Gasteiger partial charge in [0.15, 0.2) is 0 Å². The van der Waals surface area contributed by atoms with Gasteiger partial charge in [0, 0.05) is 26.3 Å². The summed E-state index contributed by atoms with van der Waals surface area (Å²) in [5, 5.41) is 0. The predicted molar refractivity (Wildman–Crippen MR) is 129 cm³/mol. The second-order valence-electron chi connectivity index (χ2n) is 10.9. The molecule has 0 aliphatic carbocycles. The zero-order valence-corrected chi connectivity index (χ0v) is 21.4. The molecule has 5 nitrogen and oxygen atoms in total. The van der Waals surface area contributed by atoms with E-state index in [0.29, 0.717) is 18.5 Å². The second kappa shape index (κ2) is 14.1. The number of ether oxygens (including phenoxy) is 1. The van der Waals surface area contributed by atoms with Crippen molar-refractivity contribution in [3.63, 3.8) is 0 Å². The Bertz CT molecular complexity index is 531. The van der Waals surface area contributed by atoms with E-state index in [9.17, 15) is 9.59 Å². The van der Waals surface area contributed by atoms with Crippen LogP contribution < -0.4 is 0 Å². The molecular formula is C26H50N2O3. The first-order valence-electron chi connectivity index (χ1n) is 12.8. The Hall–Kier alpha value is -1.10. The molecule has 1 saturated heterocycles. The summed E-state index contributed by atoms with van der Waals surface area (Å²) < 4.78 is 5.85. The summed E-state index contributed by atoms with van der Waals surface area (Å²) in [7, 11) is 0. The molecule has 0 bridgehead atoms. The number of carbonyl (C=O) groups is 2. The van der Waals surface area contributed by atoms with Gasteiger partial charge in [-0.1, -0.05) is 60.3 Å². The van der Waals surface area contributed by atoms with Gasteiger partial charge in [-0.05, 0) is 62.7 Å². The van der Waals surface area contributed by atoms with Crippen LogP contribution in [0.1, 0.15) is 112 Å². The van der Waals surface area contributed by atoms with Crippen molar-refractivity contribution in [2.75, 3.05) is 32.8 Å². The van der Waals surface area contributed by atoms with E-state index < -0.39 is 0 Å². The molecule has 5 heteroatoms. The third-order valence-electron chi connectivity index (χ3n) is 6.74. The van der Waals surface area contributed by atoms with Crippen molar-refractivity contribution < 1.29 is 14.3 Å². The first kappa shape index (κ1) is 27.9. The Balaban J connectivity index is 2.05. The summed E-state index contributed by atoms with van der Waals surface area (Å²) >= 11 is 0. The highest BCUT2D eigenvalue weighted by molar-refractivity contribution is 6.01. The van der Waals surface area contributed by atoms with Crippen molar-refractivity contribution in [2.24, 2.45) is 10.8 Å². The number of carbonyl (C=O) groups excluding carboxylic acids is 2. The molecule has 1 aliphatic rings. The average Bonchev–Trinajstić information content (AvgIpc) is 2.98. The predicted octanol–water partition coefficient (Wildman–Crippen LogP) is 6.65. The van der Waals surface area contributed by atoms with Gasteiger partial charge in [0.25, 0.3) is 0 Å². The highest BCUT2D eigenvalue weighted by Gasteiger charge is 2.34. The fourth-order valence-electron chi connectivity index (χ4n) is 4.40. The van der Waals surface area contributed by atoms with Gasteiger partial charge >= 0.3 is 6.03 Å². The van der Waals surface area contributed by atoms with Crippen molar-refractivity contribution >= 4 is 11.9 Å². The lowest BCUT2D eigenvalue weighted by molar-refractivity contribution is -0.125. The van der Waals surface area contributed by atoms with E-state index in [-0.39, 0.29) is 23.9 Å². The van der Waals surface area contributed by atoms with Crippen molar-refractivity contribution in [2.45, 2.75) is 112 Å². The van der Waals surface area contributed by atoms with E-state index in [2.05, 4.69) is 34.6 Å². The van der Waals surface area contributed by atoms with E-state index >= 15 is 0 Å². The van der Waals surface area contributed by atoms with Crippen LogP contribution >= 0.6 is 0 Å². The van der Waals surface area contributed by atoms with E-state index in [1.54, 1.807) is 4.90 Å². The zero-order chi connectivity index (χ0) is 23.3. The minimum absolute atomic E-state index is 0.0497. The Kier molecular flexibility index (Phi) is 12.7. The number of nitrogens with zero attached hydrogens (tertiary/aromatic N) is 2. The highest BCUT2D eigenvalue weighted by atomic mass is 16.5. The molecule has 0 unspecified atom stereocenters. The number of rotatable bonds is 18. The molecule has 0 saturated carbocycles. The summed E-state index contributed by atoms with van der Waals surface area (Å²) in [5.41, 5.74) is 0.715. The first-order valence-corrected chi connectivity index (χ1v) is 12.8. The minimum Gasteiger partial charge on any atom is -0.381 e. The van der Waals surface area contributed by atoms with Gasteiger partial charge in [-0.3, -0.25) is 9.69 Å². The second-order valence-corrected chi connectivity index (χ2v) is 10.9. The molecule has 0 radical (unpaired) electrons. The summed E-state index contributed by atoms with van der Waals surface area (Å²) in [6, 6.07) is -0.119. The molecule has 0 aromatic heterocycles. The largest absolute Gasteiger partial charge is 0.381 e. The van der Waals surface area contributed by atoms with E-state index in [0.717, 1.165) is 38.9 Å². The SMILES string of the molecule is CCCCC(C)(C)CCCCOCCCCC(C)(C)CCCN1C(=O)CN(CC)C1=O. The normalized spacial score (nSPS) is 15.4. The van der Waals surface area contributed by atoms with Crippen LogP contribution in [0.3, 0.4) is 0 Å². The summed E-state index contributed by atoms with van der Waals surface area (Å²) in [5.74, 6) is -0.0497. The maximum absolute atomic E-state index is 12.1. The number of unbranched alkanes of at least 4 members (excludes halogenated alkanes) is 3. The van der Waals surface area contributed by atoms with Gasteiger partial charge < -0.3 is 9.64 Å². The third-order valence-corrected chi connectivity index (χ3v) is 6.74. The minimum atomic E-state index is -0.119. The number of amides is 3. The molecule has 0 atom stereocenters. The lowest BCUT2D eigenvalue weighted by atomic mass is 9.82. The van der Waals surface area contributed by atoms with Gasteiger partial charge in [0.1, 0.15) is 6.54 Å². The number of hydrogen-bond donors (Lipinski definition) is 0. The highest BCUT2D eigenvalue weighted by Crippen LogP contribution is 2.30. The zero-order valence-electron chi connectivity index (χ0n) is 21.4. The smallest absolute Gasteiger partial charge is 0.327 e. The van der Waals surface area contributed by atoms with Gasteiger partial charge in [-0.15, -0.1) is 0 Å². The van der Waals surface area contributed by atoms with E-state index in [1.807, 2.05) is 6.92 Å². The van der Waals surface area contributed by atoms with Crippen molar-refractivity contribution in [3.8, 4) is 0 Å². The van der Waals surface area contributed by atoms with Gasteiger partial charge in [-0.25, -0.2) is 4.79 Å². The molecule has 3 amide bonds. The quantitative estimate of drug-likeness (QED) is 0.178. The molecule has 0 aromatic rings. The molecule has 31 heavy (non-hydrogen) atoms. The van der Waals surface area contributed by atoms with Crippen LogP contribution in [0.5, 0.6) is 0 Å². The van der Waals surface area contributed by atoms with Crippen LogP contribution in [0.4, 0.5) is 4.79 Å². The fourth-order valence-corrected chi connectivity index (χ4v) is 4.40. The third kappa shape index (κ3) is 11.4. The van der Waals surface area contributed by atoms with Crippen molar-refractivity contribution in [1.82, 2.24) is 9.80 Å². The lowest BCUT2D eigenvalue weighted by Gasteiger charge is -2.25. The Morgan fingerprint density at radius 2 is 1.29 bits per heavy atom. The molecule has 1 rings (SSSR count). The van der Waals surface area contributed by atoms with E-state index in [4.69, 9.17) is 4.74 Å². The molecule has 1 aliphatic heterocycles. The molecule has 0 N–H and O–H groups in total. The number of urea groups is 1. The van der Waals surface area contributed by atoms with Crippen molar-refractivity contribution in [1.29, 1.82) is 0 Å². The molecule has 182 valence electrons. The van der Waals surface area contributed by atoms with Gasteiger partial charge in [0.2, 0.25) is 5.91 Å². The topological polar surface area (TPSA) is 49.9 Å². The Morgan fingerprint density at radius 1 is 0.774 bits per heavy atom. The number of imide groups is 1. The monoisotopic (exact) mass is 438 g/mol. The first-order chi connectivity index (χ1) is 14.6. The molecule has 0 spiro atoms. The average molecular weight is 439 g/mol. The van der Waals surface area contributed by atoms with Crippen molar-refractivity contribution in [3.05, 3.63) is 0 Å². The number of likely N-dealkylation sites (N-methyl/N-ethyl adjacent to an activating group) is 1. The van der Waals surface area contributed by atoms with Crippen LogP contribution in [0.25, 0.3) is 0 Å². The van der Waals surface area contributed by atoms with E-state index in [1.165, 1.54) is 49.8 Å². The molecular weight excluding hydrogens is 388 g/mol. The fraction of sp³-hybridized carbons (Fsp3) is 0.923. The van der Waals surface area contributed by atoms with Crippen LogP contribution in [-0.4, -0.2) is 54.6 Å². The summed E-state index contributed by atoms with van der Waals surface area (Å²) in [6.45, 7) is 16.7. The number of hydrogen-bond acceptors (Lipinski definition) is 3. The summed E-state index contributed by atoms with van der Waals surface area (Å²) in [6.07, 6.45) is 13.1. The molecule has 1 fully saturated rings. The van der Waals surface area contributed by atoms with Gasteiger partial charge in [0.05, 0.1) is 0 Å². The summed E-state index contributed by atoms with van der Waals surface area (Å²) in [4.78, 5) is 27.2. The standard InChI is InChI=1S/C26H50N2O3/c1-7-9-15-25(3,4)16-10-12-20-31-21-13-11-17-26(5,6)18-14-19-28-23(29)22-27(8-2)24(28)30/h7-22H2,1-6H3. The lowest BCUT2D eigenvalue weighted by Crippen LogP contribution is -2.34.